The molecule has 0 saturated heterocycles. The monoisotopic (exact) mass is 230 g/mol. The Balaban J connectivity index is 3.07. The molecule has 0 aliphatic heterocycles. The third-order valence-corrected chi connectivity index (χ3v) is 2.31. The lowest BCUT2D eigenvalue weighted by Gasteiger charge is -2.06. The summed E-state index contributed by atoms with van der Waals surface area (Å²) in [5.74, 6) is 0.632. The van der Waals surface area contributed by atoms with Crippen molar-refractivity contribution in [3.63, 3.8) is 0 Å². The first-order valence-corrected chi connectivity index (χ1v) is 6.40. The second-order valence-corrected chi connectivity index (χ2v) is 4.41. The van der Waals surface area contributed by atoms with Crippen molar-refractivity contribution in [1.29, 1.82) is 0 Å². The van der Waals surface area contributed by atoms with E-state index < -0.39 is 0 Å². The zero-order valence-electron chi connectivity index (χ0n) is 11.0. The van der Waals surface area contributed by atoms with Gasteiger partial charge in [0.25, 0.3) is 0 Å². The summed E-state index contributed by atoms with van der Waals surface area (Å²) in [6.45, 7) is 8.38. The number of ether oxygens (including phenoxy) is 2. The molecule has 0 amide bonds. The van der Waals surface area contributed by atoms with Crippen molar-refractivity contribution >= 4 is 5.97 Å². The average molecular weight is 230 g/mol. The van der Waals surface area contributed by atoms with Crippen LogP contribution in [0.3, 0.4) is 0 Å². The number of unbranched alkanes of at least 4 members (excludes halogenated alkanes) is 2. The molecule has 0 aliphatic rings. The van der Waals surface area contributed by atoms with Gasteiger partial charge in [0.1, 0.15) is 0 Å². The zero-order valence-corrected chi connectivity index (χ0v) is 11.0. The molecule has 3 nitrogen and oxygen atoms in total. The van der Waals surface area contributed by atoms with Crippen LogP contribution in [0.25, 0.3) is 0 Å². The fourth-order valence-corrected chi connectivity index (χ4v) is 1.30. The van der Waals surface area contributed by atoms with Crippen molar-refractivity contribution in [3.8, 4) is 0 Å². The van der Waals surface area contributed by atoms with Gasteiger partial charge in [-0.3, -0.25) is 4.79 Å². The molecule has 0 fully saturated rings. The van der Waals surface area contributed by atoms with Gasteiger partial charge in [-0.25, -0.2) is 0 Å². The largest absolute Gasteiger partial charge is 0.466 e. The maximum absolute atomic E-state index is 11.0. The van der Waals surface area contributed by atoms with Crippen LogP contribution in [0.15, 0.2) is 0 Å². The molecule has 0 unspecified atom stereocenters. The summed E-state index contributed by atoms with van der Waals surface area (Å²) < 4.78 is 10.3. The Morgan fingerprint density at radius 3 is 2.50 bits per heavy atom. The Labute approximate surface area is 99.5 Å². The zero-order chi connectivity index (χ0) is 12.2. The lowest BCUT2D eigenvalue weighted by molar-refractivity contribution is -0.143. The maximum atomic E-state index is 11.0. The normalized spacial score (nSPS) is 10.8. The number of hydrogen-bond donors (Lipinski definition) is 0. The van der Waals surface area contributed by atoms with Gasteiger partial charge in [0, 0.05) is 19.6 Å². The number of hydrogen-bond acceptors (Lipinski definition) is 3. The van der Waals surface area contributed by atoms with Crippen LogP contribution in [0.1, 0.15) is 52.9 Å². The highest BCUT2D eigenvalue weighted by molar-refractivity contribution is 5.69. The van der Waals surface area contributed by atoms with Crippen LogP contribution in [-0.4, -0.2) is 25.8 Å². The van der Waals surface area contributed by atoms with Gasteiger partial charge >= 0.3 is 5.97 Å². The summed E-state index contributed by atoms with van der Waals surface area (Å²) in [6.07, 6.45) is 4.66. The standard InChI is InChI=1S/C13H26O3/c1-4-16-13(14)8-6-5-7-10-15-11-9-12(2)3/h12H,4-11H2,1-3H3. The van der Waals surface area contributed by atoms with E-state index in [0.29, 0.717) is 18.9 Å². The second-order valence-electron chi connectivity index (χ2n) is 4.41. The van der Waals surface area contributed by atoms with E-state index in [4.69, 9.17) is 9.47 Å². The van der Waals surface area contributed by atoms with E-state index >= 15 is 0 Å². The van der Waals surface area contributed by atoms with E-state index in [-0.39, 0.29) is 5.97 Å². The van der Waals surface area contributed by atoms with E-state index in [0.717, 1.165) is 38.9 Å². The molecular formula is C13H26O3. The molecule has 3 heteroatoms. The molecule has 96 valence electrons. The fourth-order valence-electron chi connectivity index (χ4n) is 1.30. The summed E-state index contributed by atoms with van der Waals surface area (Å²) >= 11 is 0. The summed E-state index contributed by atoms with van der Waals surface area (Å²) in [6, 6.07) is 0. The Hall–Kier alpha value is -0.570. The Morgan fingerprint density at radius 1 is 1.12 bits per heavy atom. The first kappa shape index (κ1) is 15.4. The van der Waals surface area contributed by atoms with Crippen molar-refractivity contribution in [2.75, 3.05) is 19.8 Å². The van der Waals surface area contributed by atoms with E-state index in [9.17, 15) is 4.79 Å². The molecule has 0 bridgehead atoms. The van der Waals surface area contributed by atoms with Gasteiger partial charge < -0.3 is 9.47 Å². The predicted molar refractivity (Wildman–Crippen MR) is 65.4 cm³/mol. The van der Waals surface area contributed by atoms with Gasteiger partial charge in [0.2, 0.25) is 0 Å². The lowest BCUT2D eigenvalue weighted by Crippen LogP contribution is -2.04. The van der Waals surface area contributed by atoms with Crippen LogP contribution in [-0.2, 0) is 14.3 Å². The van der Waals surface area contributed by atoms with E-state index in [1.54, 1.807) is 0 Å². The minimum atomic E-state index is -0.0803. The van der Waals surface area contributed by atoms with E-state index in [2.05, 4.69) is 13.8 Å². The van der Waals surface area contributed by atoms with Crippen LogP contribution < -0.4 is 0 Å². The number of carbonyl (C=O) groups is 1. The highest BCUT2D eigenvalue weighted by atomic mass is 16.5. The minimum Gasteiger partial charge on any atom is -0.466 e. The molecular weight excluding hydrogens is 204 g/mol. The van der Waals surface area contributed by atoms with Gasteiger partial charge in [-0.1, -0.05) is 20.3 Å². The van der Waals surface area contributed by atoms with Gasteiger partial charge in [-0.15, -0.1) is 0 Å². The molecule has 0 aromatic rings. The molecule has 0 aliphatic carbocycles. The Bertz CT molecular complexity index is 167. The van der Waals surface area contributed by atoms with Gasteiger partial charge in [0.05, 0.1) is 6.61 Å². The van der Waals surface area contributed by atoms with E-state index in [1.165, 1.54) is 0 Å². The summed E-state index contributed by atoms with van der Waals surface area (Å²) in [4.78, 5) is 11.0. The van der Waals surface area contributed by atoms with Crippen LogP contribution in [0.5, 0.6) is 0 Å². The van der Waals surface area contributed by atoms with Crippen molar-refractivity contribution in [2.24, 2.45) is 5.92 Å². The van der Waals surface area contributed by atoms with Gasteiger partial charge in [-0.05, 0) is 32.1 Å². The smallest absolute Gasteiger partial charge is 0.305 e. The molecule has 0 aromatic carbocycles. The Morgan fingerprint density at radius 2 is 1.88 bits per heavy atom. The summed E-state index contributed by atoms with van der Waals surface area (Å²) in [7, 11) is 0. The minimum absolute atomic E-state index is 0.0803. The molecule has 0 rings (SSSR count). The Kier molecular flexibility index (Phi) is 10.5. The van der Waals surface area contributed by atoms with Crippen LogP contribution in [0, 0.1) is 5.92 Å². The molecule has 0 saturated carbocycles. The molecule has 16 heavy (non-hydrogen) atoms. The maximum Gasteiger partial charge on any atom is 0.305 e. The first-order chi connectivity index (χ1) is 7.66. The molecule has 0 atom stereocenters. The highest BCUT2D eigenvalue weighted by Gasteiger charge is 2.00. The topological polar surface area (TPSA) is 35.5 Å². The number of rotatable bonds is 10. The third-order valence-electron chi connectivity index (χ3n) is 2.31. The third kappa shape index (κ3) is 11.5. The first-order valence-electron chi connectivity index (χ1n) is 6.40. The van der Waals surface area contributed by atoms with Gasteiger partial charge in [-0.2, -0.15) is 0 Å². The van der Waals surface area contributed by atoms with Crippen LogP contribution in [0.2, 0.25) is 0 Å². The van der Waals surface area contributed by atoms with Crippen molar-refractivity contribution < 1.29 is 14.3 Å². The van der Waals surface area contributed by atoms with Gasteiger partial charge in [0.15, 0.2) is 0 Å². The summed E-state index contributed by atoms with van der Waals surface area (Å²) in [5, 5.41) is 0. The quantitative estimate of drug-likeness (QED) is 0.427. The van der Waals surface area contributed by atoms with Crippen LogP contribution >= 0.6 is 0 Å². The molecule has 0 radical (unpaired) electrons. The second kappa shape index (κ2) is 10.9. The lowest BCUT2D eigenvalue weighted by atomic mass is 10.1. The average Bonchev–Trinajstić information content (AvgIpc) is 2.22. The van der Waals surface area contributed by atoms with E-state index in [1.807, 2.05) is 6.92 Å². The molecule has 0 spiro atoms. The molecule has 0 aromatic heterocycles. The van der Waals surface area contributed by atoms with Crippen LogP contribution in [0.4, 0.5) is 0 Å². The SMILES string of the molecule is CCOC(=O)CCCCCOCCC(C)C. The fraction of sp³-hybridized carbons (Fsp3) is 0.923. The van der Waals surface area contributed by atoms with Crippen molar-refractivity contribution in [1.82, 2.24) is 0 Å². The van der Waals surface area contributed by atoms with Crippen molar-refractivity contribution in [3.05, 3.63) is 0 Å². The van der Waals surface area contributed by atoms with Crippen molar-refractivity contribution in [2.45, 2.75) is 52.9 Å². The summed E-state index contributed by atoms with van der Waals surface area (Å²) in [5.41, 5.74) is 0. The number of esters is 1. The number of carbonyl (C=O) groups excluding carboxylic acids is 1. The molecule has 0 N–H and O–H groups in total. The molecule has 0 heterocycles. The predicted octanol–water partition coefficient (Wildman–Crippen LogP) is 3.17. The highest BCUT2D eigenvalue weighted by Crippen LogP contribution is 2.03.